The van der Waals surface area contributed by atoms with Crippen molar-refractivity contribution in [3.8, 4) is 0 Å². The Morgan fingerprint density at radius 2 is 2.00 bits per heavy atom. The Balaban J connectivity index is 3.48. The van der Waals surface area contributed by atoms with Gasteiger partial charge >= 0.3 is 12.1 Å². The molecular formula is C13H16ClN3O4. The lowest BCUT2D eigenvalue weighted by atomic mass is 10.2. The van der Waals surface area contributed by atoms with Crippen LogP contribution in [-0.2, 0) is 4.74 Å². The Morgan fingerprint density at radius 1 is 1.43 bits per heavy atom. The minimum atomic E-state index is -1.28. The number of aromatic carboxylic acids is 1. The Morgan fingerprint density at radius 3 is 2.43 bits per heavy atom. The summed E-state index contributed by atoms with van der Waals surface area (Å²) in [7, 11) is 0. The van der Waals surface area contributed by atoms with E-state index in [0.29, 0.717) is 5.56 Å². The first-order valence-electron chi connectivity index (χ1n) is 5.96. The number of amidine groups is 1. The molecule has 1 rings (SSSR count). The van der Waals surface area contributed by atoms with E-state index < -0.39 is 17.7 Å². The van der Waals surface area contributed by atoms with Crippen LogP contribution in [-0.4, -0.2) is 39.3 Å². The molecule has 114 valence electrons. The summed E-state index contributed by atoms with van der Waals surface area (Å²) in [6, 6.07) is 1.30. The molecule has 0 saturated heterocycles. The van der Waals surface area contributed by atoms with Gasteiger partial charge in [0, 0.05) is 0 Å². The van der Waals surface area contributed by atoms with E-state index >= 15 is 0 Å². The molecule has 0 fully saturated rings. The molecule has 1 heterocycles. The van der Waals surface area contributed by atoms with Gasteiger partial charge in [-0.05, 0) is 57.6 Å². The number of carboxylic acid groups (broad SMARTS) is 1. The van der Waals surface area contributed by atoms with E-state index in [0.717, 1.165) is 4.57 Å². The van der Waals surface area contributed by atoms with Crippen molar-refractivity contribution >= 4 is 41.5 Å². The van der Waals surface area contributed by atoms with Crippen molar-refractivity contribution in [2.24, 2.45) is 9.98 Å². The number of hydrogen-bond donors (Lipinski definition) is 1. The first-order chi connectivity index (χ1) is 9.56. The summed E-state index contributed by atoms with van der Waals surface area (Å²) >= 11 is 5.68. The molecule has 0 aromatic carbocycles. The normalized spacial score (nSPS) is 12.1. The van der Waals surface area contributed by atoms with Gasteiger partial charge in [-0.1, -0.05) is 0 Å². The summed E-state index contributed by atoms with van der Waals surface area (Å²) in [6.45, 7) is 9.81. The minimum Gasteiger partial charge on any atom is -0.477 e. The molecule has 21 heavy (non-hydrogen) atoms. The molecule has 0 aliphatic rings. The Labute approximate surface area is 126 Å². The standard InChI is InChI=1S/C13H16ClN3O4/c1-7-6-8(10(18)19)17(9(7)16-11(14)15-5)12(20)21-13(2,3)4/h6H,5H2,1-4H3,(H,18,19)/b16-11-. The highest BCUT2D eigenvalue weighted by Gasteiger charge is 2.26. The molecule has 0 radical (unpaired) electrons. The second kappa shape index (κ2) is 6.09. The van der Waals surface area contributed by atoms with Gasteiger partial charge in [-0.15, -0.1) is 0 Å². The van der Waals surface area contributed by atoms with E-state index in [1.54, 1.807) is 27.7 Å². The smallest absolute Gasteiger partial charge is 0.420 e. The maximum atomic E-state index is 12.2. The highest BCUT2D eigenvalue weighted by atomic mass is 35.5. The quantitative estimate of drug-likeness (QED) is 0.515. The van der Waals surface area contributed by atoms with Crippen molar-refractivity contribution in [1.82, 2.24) is 4.57 Å². The van der Waals surface area contributed by atoms with E-state index in [2.05, 4.69) is 16.7 Å². The average Bonchev–Trinajstić information content (AvgIpc) is 2.65. The van der Waals surface area contributed by atoms with Crippen molar-refractivity contribution < 1.29 is 19.4 Å². The van der Waals surface area contributed by atoms with Crippen LogP contribution in [0.15, 0.2) is 16.1 Å². The van der Waals surface area contributed by atoms with Gasteiger partial charge in [0.25, 0.3) is 0 Å². The van der Waals surface area contributed by atoms with Crippen molar-refractivity contribution in [2.75, 3.05) is 0 Å². The van der Waals surface area contributed by atoms with Gasteiger partial charge in [0.05, 0.1) is 0 Å². The SMILES string of the molecule is C=N/C(Cl)=N\c1c(C)cc(C(=O)O)n1C(=O)OC(C)(C)C. The Kier molecular flexibility index (Phi) is 4.90. The number of aryl methyl sites for hydroxylation is 1. The summed E-state index contributed by atoms with van der Waals surface area (Å²) in [5.74, 6) is -1.24. The molecule has 0 bridgehead atoms. The zero-order valence-corrected chi connectivity index (χ0v) is 12.9. The molecule has 7 nitrogen and oxygen atoms in total. The number of halogens is 1. The van der Waals surface area contributed by atoms with Crippen molar-refractivity contribution in [1.29, 1.82) is 0 Å². The molecule has 0 aliphatic carbocycles. The molecule has 0 saturated carbocycles. The highest BCUT2D eigenvalue weighted by Crippen LogP contribution is 2.26. The van der Waals surface area contributed by atoms with Gasteiger partial charge in [0.15, 0.2) is 0 Å². The minimum absolute atomic E-state index is 0.0408. The molecule has 0 aliphatic heterocycles. The molecule has 1 aromatic heterocycles. The number of carboxylic acids is 1. The lowest BCUT2D eigenvalue weighted by Crippen LogP contribution is -2.28. The van der Waals surface area contributed by atoms with Gasteiger partial charge in [-0.3, -0.25) is 0 Å². The summed E-state index contributed by atoms with van der Waals surface area (Å²) in [6.07, 6.45) is -0.861. The molecule has 1 aromatic rings. The predicted molar refractivity (Wildman–Crippen MR) is 80.3 cm³/mol. The predicted octanol–water partition coefficient (Wildman–Crippen LogP) is 3.20. The van der Waals surface area contributed by atoms with Crippen LogP contribution in [0.4, 0.5) is 10.6 Å². The number of carbonyl (C=O) groups is 2. The number of carbonyl (C=O) groups excluding carboxylic acids is 1. The fourth-order valence-electron chi connectivity index (χ4n) is 1.54. The van der Waals surface area contributed by atoms with Crippen LogP contribution in [0.1, 0.15) is 36.8 Å². The fraction of sp³-hybridized carbons (Fsp3) is 0.385. The van der Waals surface area contributed by atoms with E-state index in [4.69, 9.17) is 16.3 Å². The largest absolute Gasteiger partial charge is 0.477 e. The van der Waals surface area contributed by atoms with Crippen LogP contribution in [0.25, 0.3) is 0 Å². The Hall–Kier alpha value is -2.15. The van der Waals surface area contributed by atoms with Crippen LogP contribution in [0.5, 0.6) is 0 Å². The molecule has 0 unspecified atom stereocenters. The Bertz CT molecular complexity index is 626. The van der Waals surface area contributed by atoms with Gasteiger partial charge < -0.3 is 9.84 Å². The molecule has 8 heteroatoms. The maximum Gasteiger partial charge on any atom is 0.420 e. The zero-order valence-electron chi connectivity index (χ0n) is 12.2. The van der Waals surface area contributed by atoms with E-state index in [9.17, 15) is 14.7 Å². The zero-order chi connectivity index (χ0) is 16.4. The summed E-state index contributed by atoms with van der Waals surface area (Å²) in [4.78, 5) is 30.8. The maximum absolute atomic E-state index is 12.2. The molecule has 0 spiro atoms. The lowest BCUT2D eigenvalue weighted by Gasteiger charge is -2.20. The van der Waals surface area contributed by atoms with Crippen LogP contribution in [0.3, 0.4) is 0 Å². The third kappa shape index (κ3) is 4.16. The van der Waals surface area contributed by atoms with Gasteiger partial charge in [0.1, 0.15) is 17.1 Å². The first-order valence-corrected chi connectivity index (χ1v) is 6.34. The van der Waals surface area contributed by atoms with Gasteiger partial charge in [-0.2, -0.15) is 4.99 Å². The average molecular weight is 314 g/mol. The van der Waals surface area contributed by atoms with E-state index in [1.807, 2.05) is 0 Å². The fourth-order valence-corrected chi connectivity index (χ4v) is 1.62. The molecule has 1 N–H and O–H groups in total. The summed E-state index contributed by atoms with van der Waals surface area (Å²) in [5.41, 5.74) is -0.610. The molecular weight excluding hydrogens is 298 g/mol. The topological polar surface area (TPSA) is 93.2 Å². The first kappa shape index (κ1) is 16.9. The number of ether oxygens (including phenoxy) is 1. The van der Waals surface area contributed by atoms with Crippen molar-refractivity contribution in [3.05, 3.63) is 17.3 Å². The number of hydrogen-bond acceptors (Lipinski definition) is 4. The van der Waals surface area contributed by atoms with E-state index in [1.165, 1.54) is 6.07 Å². The number of rotatable bonds is 2. The second-order valence-corrected chi connectivity index (χ2v) is 5.53. The van der Waals surface area contributed by atoms with Crippen molar-refractivity contribution in [2.45, 2.75) is 33.3 Å². The van der Waals surface area contributed by atoms with Crippen LogP contribution >= 0.6 is 11.6 Å². The molecule has 0 atom stereocenters. The number of nitrogens with zero attached hydrogens (tertiary/aromatic N) is 3. The number of aliphatic imine (C=N–C) groups is 2. The van der Waals surface area contributed by atoms with Gasteiger partial charge in [-0.25, -0.2) is 19.1 Å². The highest BCUT2D eigenvalue weighted by molar-refractivity contribution is 6.65. The number of aromatic nitrogens is 1. The third-order valence-corrected chi connectivity index (χ3v) is 2.49. The van der Waals surface area contributed by atoms with Crippen LogP contribution in [0.2, 0.25) is 0 Å². The summed E-state index contributed by atoms with van der Waals surface area (Å²) < 4.78 is 6.03. The second-order valence-electron chi connectivity index (χ2n) is 5.20. The van der Waals surface area contributed by atoms with Crippen molar-refractivity contribution in [3.63, 3.8) is 0 Å². The lowest BCUT2D eigenvalue weighted by molar-refractivity contribution is 0.0509. The van der Waals surface area contributed by atoms with E-state index in [-0.39, 0.29) is 16.8 Å². The van der Waals surface area contributed by atoms with Gasteiger partial charge in [0.2, 0.25) is 5.29 Å². The van der Waals surface area contributed by atoms with Crippen LogP contribution in [0, 0.1) is 6.92 Å². The third-order valence-electron chi connectivity index (χ3n) is 2.28. The molecule has 0 amide bonds. The monoisotopic (exact) mass is 313 g/mol. The summed E-state index contributed by atoms with van der Waals surface area (Å²) in [5, 5.41) is 8.99. The van der Waals surface area contributed by atoms with Crippen LogP contribution < -0.4 is 0 Å².